The molecular weight excluding hydrogens is 202 g/mol. The topological polar surface area (TPSA) is 57.6 Å². The van der Waals surface area contributed by atoms with Gasteiger partial charge < -0.3 is 5.11 Å². The molecule has 14 heavy (non-hydrogen) atoms. The van der Waals surface area contributed by atoms with E-state index < -0.39 is 14.8 Å². The summed E-state index contributed by atoms with van der Waals surface area (Å²) in [6, 6.07) is 0. The Morgan fingerprint density at radius 2 is 1.71 bits per heavy atom. The van der Waals surface area contributed by atoms with Crippen LogP contribution in [0.3, 0.4) is 0 Å². The van der Waals surface area contributed by atoms with Crippen molar-refractivity contribution in [2.75, 3.05) is 19.7 Å². The van der Waals surface area contributed by atoms with Crippen LogP contribution in [0, 0.1) is 0 Å². The minimum Gasteiger partial charge on any atom is -0.395 e. The molecule has 1 aliphatic carbocycles. The molecule has 0 aromatic rings. The number of hydrogen-bond donors (Lipinski definition) is 1. The molecule has 0 atom stereocenters. The van der Waals surface area contributed by atoms with Crippen molar-refractivity contribution in [2.24, 2.45) is 0 Å². The highest BCUT2D eigenvalue weighted by Gasteiger charge is 2.51. The van der Waals surface area contributed by atoms with E-state index in [9.17, 15) is 13.5 Å². The monoisotopic (exact) mass is 219 g/mol. The predicted octanol–water partition coefficient (Wildman–Crippen LogP) is 0.327. The third-order valence-corrected chi connectivity index (χ3v) is 6.18. The lowest BCUT2D eigenvalue weighted by Crippen LogP contribution is -2.54. The van der Waals surface area contributed by atoms with Crippen LogP contribution in [0.4, 0.5) is 0 Å². The second kappa shape index (κ2) is 3.47. The molecule has 0 unspecified atom stereocenters. The molecule has 0 amide bonds. The van der Waals surface area contributed by atoms with Gasteiger partial charge in [0, 0.05) is 13.1 Å². The molecule has 1 N–H and O–H groups in total. The Kier molecular flexibility index (Phi) is 2.57. The average molecular weight is 219 g/mol. The highest BCUT2D eigenvalue weighted by Crippen LogP contribution is 2.41. The zero-order chi connectivity index (χ0) is 10.2. The van der Waals surface area contributed by atoms with Gasteiger partial charge in [-0.25, -0.2) is 12.7 Å². The Morgan fingerprint density at radius 3 is 2.07 bits per heavy atom. The van der Waals surface area contributed by atoms with Gasteiger partial charge in [0.25, 0.3) is 0 Å². The standard InChI is InChI=1S/C9H17NO3S/c11-8-9(4-3-5-9)14(12,13)10-6-1-2-7-10/h11H,1-8H2. The summed E-state index contributed by atoms with van der Waals surface area (Å²) in [4.78, 5) is 0. The summed E-state index contributed by atoms with van der Waals surface area (Å²) < 4.78 is 25.0. The van der Waals surface area contributed by atoms with Crippen molar-refractivity contribution in [1.82, 2.24) is 4.31 Å². The molecule has 1 saturated carbocycles. The summed E-state index contributed by atoms with van der Waals surface area (Å²) in [7, 11) is -3.23. The Hall–Kier alpha value is -0.130. The predicted molar refractivity (Wildman–Crippen MR) is 53.4 cm³/mol. The molecule has 5 heteroatoms. The van der Waals surface area contributed by atoms with Crippen molar-refractivity contribution in [2.45, 2.75) is 36.9 Å². The van der Waals surface area contributed by atoms with Gasteiger partial charge in [0.1, 0.15) is 4.75 Å². The fourth-order valence-electron chi connectivity index (χ4n) is 2.27. The zero-order valence-corrected chi connectivity index (χ0v) is 9.09. The summed E-state index contributed by atoms with van der Waals surface area (Å²) >= 11 is 0. The van der Waals surface area contributed by atoms with Crippen LogP contribution in [-0.2, 0) is 10.0 Å². The summed E-state index contributed by atoms with van der Waals surface area (Å²) in [5.41, 5.74) is 0. The van der Waals surface area contributed by atoms with Crippen LogP contribution in [0.1, 0.15) is 32.1 Å². The molecule has 1 saturated heterocycles. The van der Waals surface area contributed by atoms with Crippen molar-refractivity contribution >= 4 is 10.0 Å². The second-order valence-electron chi connectivity index (χ2n) is 4.31. The van der Waals surface area contributed by atoms with Crippen molar-refractivity contribution in [3.8, 4) is 0 Å². The van der Waals surface area contributed by atoms with Crippen molar-refractivity contribution < 1.29 is 13.5 Å². The largest absolute Gasteiger partial charge is 0.395 e. The first-order valence-corrected chi connectivity index (χ1v) is 6.67. The second-order valence-corrected chi connectivity index (χ2v) is 6.64. The average Bonchev–Trinajstić information content (AvgIpc) is 2.53. The number of aliphatic hydroxyl groups is 1. The van der Waals surface area contributed by atoms with E-state index in [1.807, 2.05) is 0 Å². The number of hydrogen-bond acceptors (Lipinski definition) is 3. The first-order chi connectivity index (χ1) is 6.62. The van der Waals surface area contributed by atoms with E-state index in [1.54, 1.807) is 4.31 Å². The first kappa shape index (κ1) is 10.4. The summed E-state index contributed by atoms with van der Waals surface area (Å²) in [6.07, 6.45) is 4.10. The third-order valence-electron chi connectivity index (χ3n) is 3.51. The molecule has 2 aliphatic rings. The maximum Gasteiger partial charge on any atom is 0.222 e. The van der Waals surface area contributed by atoms with Gasteiger partial charge in [0.2, 0.25) is 10.0 Å². The molecule has 0 aromatic carbocycles. The minimum absolute atomic E-state index is 0.216. The normalized spacial score (nSPS) is 27.5. The third kappa shape index (κ3) is 1.30. The lowest BCUT2D eigenvalue weighted by molar-refractivity contribution is 0.175. The van der Waals surface area contributed by atoms with Crippen molar-refractivity contribution in [3.05, 3.63) is 0 Å². The van der Waals surface area contributed by atoms with Gasteiger partial charge >= 0.3 is 0 Å². The molecule has 0 radical (unpaired) electrons. The maximum atomic E-state index is 12.1. The van der Waals surface area contributed by atoms with Gasteiger partial charge in [-0.3, -0.25) is 0 Å². The molecule has 1 aliphatic heterocycles. The number of nitrogens with zero attached hydrogens (tertiary/aromatic N) is 1. The molecular formula is C9H17NO3S. The van der Waals surface area contributed by atoms with Gasteiger partial charge in [0.05, 0.1) is 6.61 Å². The van der Waals surface area contributed by atoms with Crippen molar-refractivity contribution in [3.63, 3.8) is 0 Å². The van der Waals surface area contributed by atoms with E-state index in [2.05, 4.69) is 0 Å². The van der Waals surface area contributed by atoms with Crippen LogP contribution < -0.4 is 0 Å². The van der Waals surface area contributed by atoms with Crippen LogP contribution in [0.5, 0.6) is 0 Å². The van der Waals surface area contributed by atoms with Crippen LogP contribution >= 0.6 is 0 Å². The van der Waals surface area contributed by atoms with E-state index in [0.717, 1.165) is 19.3 Å². The van der Waals surface area contributed by atoms with Crippen LogP contribution in [0.15, 0.2) is 0 Å². The molecule has 0 aromatic heterocycles. The number of aliphatic hydroxyl groups excluding tert-OH is 1. The quantitative estimate of drug-likeness (QED) is 0.744. The first-order valence-electron chi connectivity index (χ1n) is 5.23. The molecule has 2 fully saturated rings. The molecule has 0 bridgehead atoms. The molecule has 82 valence electrons. The summed E-state index contributed by atoms with van der Waals surface area (Å²) in [6.45, 7) is 1.07. The lowest BCUT2D eigenvalue weighted by Gasteiger charge is -2.41. The summed E-state index contributed by atoms with van der Waals surface area (Å²) in [5.74, 6) is 0. The van der Waals surface area contributed by atoms with E-state index in [-0.39, 0.29) is 6.61 Å². The van der Waals surface area contributed by atoms with Crippen molar-refractivity contribution in [1.29, 1.82) is 0 Å². The van der Waals surface area contributed by atoms with Gasteiger partial charge in [-0.2, -0.15) is 0 Å². The Morgan fingerprint density at radius 1 is 1.14 bits per heavy atom. The van der Waals surface area contributed by atoms with Crippen LogP contribution in [0.25, 0.3) is 0 Å². The van der Waals surface area contributed by atoms with E-state index in [1.165, 1.54) is 0 Å². The summed E-state index contributed by atoms with van der Waals surface area (Å²) in [5, 5.41) is 9.23. The Labute approximate surface area is 85.0 Å². The molecule has 2 rings (SSSR count). The Bertz CT molecular complexity index is 297. The maximum absolute atomic E-state index is 12.1. The van der Waals surface area contributed by atoms with Gasteiger partial charge in [-0.15, -0.1) is 0 Å². The van der Waals surface area contributed by atoms with Gasteiger partial charge in [-0.05, 0) is 25.7 Å². The minimum atomic E-state index is -3.23. The highest BCUT2D eigenvalue weighted by atomic mass is 32.2. The highest BCUT2D eigenvalue weighted by molar-refractivity contribution is 7.90. The molecule has 1 heterocycles. The lowest BCUT2D eigenvalue weighted by atomic mass is 9.85. The fraction of sp³-hybridized carbons (Fsp3) is 1.00. The Balaban J connectivity index is 2.21. The van der Waals surface area contributed by atoms with Gasteiger partial charge in [-0.1, -0.05) is 6.42 Å². The zero-order valence-electron chi connectivity index (χ0n) is 8.28. The number of sulfonamides is 1. The van der Waals surface area contributed by atoms with E-state index >= 15 is 0 Å². The number of rotatable bonds is 3. The van der Waals surface area contributed by atoms with Gasteiger partial charge in [0.15, 0.2) is 0 Å². The van der Waals surface area contributed by atoms with E-state index in [4.69, 9.17) is 0 Å². The molecule has 4 nitrogen and oxygen atoms in total. The fourth-order valence-corrected chi connectivity index (χ4v) is 4.53. The SMILES string of the molecule is O=S(=O)(N1CCCC1)C1(CO)CCC1. The van der Waals surface area contributed by atoms with Crippen LogP contribution in [0.2, 0.25) is 0 Å². The van der Waals surface area contributed by atoms with Crippen LogP contribution in [-0.4, -0.2) is 42.3 Å². The van der Waals surface area contributed by atoms with E-state index in [0.29, 0.717) is 25.9 Å². The molecule has 0 spiro atoms. The smallest absolute Gasteiger partial charge is 0.222 e.